The summed E-state index contributed by atoms with van der Waals surface area (Å²) in [7, 11) is 0. The predicted molar refractivity (Wildman–Crippen MR) is 95.6 cm³/mol. The first kappa shape index (κ1) is 16.2. The molecule has 2 heterocycles. The lowest BCUT2D eigenvalue weighted by Crippen LogP contribution is -1.99. The Hall–Kier alpha value is -2.68. The van der Waals surface area contributed by atoms with Crippen molar-refractivity contribution in [1.29, 1.82) is 5.26 Å². The fourth-order valence-electron chi connectivity index (χ4n) is 2.25. The van der Waals surface area contributed by atoms with Crippen LogP contribution >= 0.6 is 22.9 Å². The van der Waals surface area contributed by atoms with Gasteiger partial charge < -0.3 is 0 Å². The van der Waals surface area contributed by atoms with Gasteiger partial charge in [-0.1, -0.05) is 35.9 Å². The highest BCUT2D eigenvalue weighted by Crippen LogP contribution is 2.26. The number of ketones is 1. The minimum absolute atomic E-state index is 0.0371. The number of nitrogens with zero attached hydrogens (tertiary/aromatic N) is 3. The highest BCUT2D eigenvalue weighted by atomic mass is 35.5. The van der Waals surface area contributed by atoms with E-state index in [1.165, 1.54) is 17.4 Å². The van der Waals surface area contributed by atoms with Crippen LogP contribution in [0.5, 0.6) is 0 Å². The number of hydrogen-bond donors (Lipinski definition) is 0. The Labute approximate surface area is 148 Å². The second-order valence-electron chi connectivity index (χ2n) is 5.01. The largest absolute Gasteiger partial charge is 0.287 e. The van der Waals surface area contributed by atoms with Gasteiger partial charge in [0, 0.05) is 5.56 Å². The lowest BCUT2D eigenvalue weighted by atomic mass is 10.1. The van der Waals surface area contributed by atoms with E-state index in [-0.39, 0.29) is 11.4 Å². The number of aromatic nitrogens is 2. The summed E-state index contributed by atoms with van der Waals surface area (Å²) >= 11 is 7.73. The summed E-state index contributed by atoms with van der Waals surface area (Å²) in [5, 5.41) is 15.9. The molecule has 0 radical (unpaired) electrons. The van der Waals surface area contributed by atoms with Crippen LogP contribution in [0.25, 0.3) is 11.8 Å². The molecular weight excluding hydrogens is 342 g/mol. The average Bonchev–Trinajstić information content (AvgIpc) is 3.23. The molecule has 0 aliphatic carbocycles. The normalized spacial score (nSPS) is 11.3. The molecule has 0 amide bonds. The van der Waals surface area contributed by atoms with E-state index in [1.807, 2.05) is 36.4 Å². The third-order valence-electron chi connectivity index (χ3n) is 3.45. The molecule has 0 atom stereocenters. The molecule has 0 saturated carbocycles. The van der Waals surface area contributed by atoms with Crippen LogP contribution in [0.15, 0.2) is 53.4 Å². The summed E-state index contributed by atoms with van der Waals surface area (Å²) in [6.45, 7) is 1.79. The molecule has 6 heteroatoms. The van der Waals surface area contributed by atoms with E-state index in [1.54, 1.807) is 29.1 Å². The molecule has 0 unspecified atom stereocenters. The Balaban J connectivity index is 2.05. The first-order valence-electron chi connectivity index (χ1n) is 7.12. The van der Waals surface area contributed by atoms with Crippen molar-refractivity contribution < 1.29 is 4.79 Å². The van der Waals surface area contributed by atoms with Crippen LogP contribution in [-0.4, -0.2) is 15.6 Å². The standard InChI is InChI=1S/C18H12ClN3OS/c1-12-15(10-13(11-20)17(23)16-8-5-9-24-16)18(19)22(21-12)14-6-3-2-4-7-14/h2-10H,1H3/b13-10+. The van der Waals surface area contributed by atoms with Gasteiger partial charge in [-0.05, 0) is 36.6 Å². The van der Waals surface area contributed by atoms with Crippen LogP contribution in [0.2, 0.25) is 5.15 Å². The topological polar surface area (TPSA) is 58.7 Å². The number of para-hydroxylation sites is 1. The van der Waals surface area contributed by atoms with E-state index in [2.05, 4.69) is 5.10 Å². The number of carbonyl (C=O) groups is 1. The zero-order valence-corrected chi connectivity index (χ0v) is 14.3. The quantitative estimate of drug-likeness (QED) is 0.388. The number of rotatable bonds is 4. The summed E-state index contributed by atoms with van der Waals surface area (Å²) < 4.78 is 1.59. The van der Waals surface area contributed by atoms with Crippen molar-refractivity contribution in [2.24, 2.45) is 0 Å². The van der Waals surface area contributed by atoms with Gasteiger partial charge in [-0.25, -0.2) is 4.68 Å². The van der Waals surface area contributed by atoms with Crippen molar-refractivity contribution in [2.45, 2.75) is 6.92 Å². The van der Waals surface area contributed by atoms with E-state index in [9.17, 15) is 10.1 Å². The molecule has 4 nitrogen and oxygen atoms in total. The number of allylic oxidation sites excluding steroid dienone is 1. The highest BCUT2D eigenvalue weighted by Gasteiger charge is 2.18. The first-order chi connectivity index (χ1) is 11.6. The van der Waals surface area contributed by atoms with Crippen LogP contribution in [0, 0.1) is 18.3 Å². The van der Waals surface area contributed by atoms with Gasteiger partial charge in [0.2, 0.25) is 5.78 Å². The number of nitriles is 1. The minimum Gasteiger partial charge on any atom is -0.287 e. The van der Waals surface area contributed by atoms with Gasteiger partial charge in [0.15, 0.2) is 0 Å². The van der Waals surface area contributed by atoms with Gasteiger partial charge in [0.05, 0.1) is 16.3 Å². The van der Waals surface area contributed by atoms with Gasteiger partial charge in [-0.3, -0.25) is 4.79 Å². The Morgan fingerprint density at radius 3 is 2.67 bits per heavy atom. The van der Waals surface area contributed by atoms with Crippen molar-refractivity contribution in [2.75, 3.05) is 0 Å². The number of thiophene rings is 1. The Morgan fingerprint density at radius 1 is 1.29 bits per heavy atom. The molecular formula is C18H12ClN3OS. The van der Waals surface area contributed by atoms with E-state index >= 15 is 0 Å². The highest BCUT2D eigenvalue weighted by molar-refractivity contribution is 7.12. The van der Waals surface area contributed by atoms with Crippen LogP contribution in [-0.2, 0) is 0 Å². The Bertz CT molecular complexity index is 950. The smallest absolute Gasteiger partial charge is 0.213 e. The molecule has 3 rings (SSSR count). The SMILES string of the molecule is Cc1nn(-c2ccccc2)c(Cl)c1/C=C(\C#N)C(=O)c1cccs1. The van der Waals surface area contributed by atoms with Gasteiger partial charge in [0.1, 0.15) is 16.8 Å². The zero-order chi connectivity index (χ0) is 17.1. The third-order valence-corrected chi connectivity index (χ3v) is 4.68. The maximum Gasteiger partial charge on any atom is 0.213 e. The van der Waals surface area contributed by atoms with E-state index in [0.717, 1.165) is 5.69 Å². The summed E-state index contributed by atoms with van der Waals surface area (Å²) in [5.74, 6) is -0.310. The number of halogens is 1. The fraction of sp³-hybridized carbons (Fsp3) is 0.0556. The monoisotopic (exact) mass is 353 g/mol. The van der Waals surface area contributed by atoms with Gasteiger partial charge in [-0.2, -0.15) is 10.4 Å². The molecule has 0 fully saturated rings. The Kier molecular flexibility index (Phi) is 4.61. The number of Topliss-reactive ketones (excluding diaryl/α,β-unsaturated/α-hetero) is 1. The molecule has 0 saturated heterocycles. The molecule has 3 aromatic rings. The fourth-order valence-corrected chi connectivity index (χ4v) is 3.25. The number of benzene rings is 1. The van der Waals surface area contributed by atoms with E-state index in [4.69, 9.17) is 11.6 Å². The molecule has 24 heavy (non-hydrogen) atoms. The van der Waals surface area contributed by atoms with Crippen molar-refractivity contribution in [1.82, 2.24) is 9.78 Å². The summed E-state index contributed by atoms with van der Waals surface area (Å²) in [6, 6.07) is 14.9. The molecule has 0 aliphatic rings. The molecule has 2 aromatic heterocycles. The zero-order valence-electron chi connectivity index (χ0n) is 12.7. The molecule has 1 aromatic carbocycles. The summed E-state index contributed by atoms with van der Waals surface area (Å²) in [6.07, 6.45) is 1.51. The second kappa shape index (κ2) is 6.83. The number of aryl methyl sites for hydroxylation is 1. The van der Waals surface area contributed by atoms with Crippen molar-refractivity contribution in [3.63, 3.8) is 0 Å². The molecule has 0 N–H and O–H groups in total. The lowest BCUT2D eigenvalue weighted by Gasteiger charge is -2.02. The molecule has 0 bridgehead atoms. The number of carbonyl (C=O) groups excluding carboxylic acids is 1. The van der Waals surface area contributed by atoms with Crippen LogP contribution in [0.4, 0.5) is 0 Å². The molecule has 0 spiro atoms. The maximum absolute atomic E-state index is 12.4. The van der Waals surface area contributed by atoms with Crippen molar-refractivity contribution >= 4 is 34.8 Å². The van der Waals surface area contributed by atoms with Crippen molar-refractivity contribution in [3.05, 3.63) is 74.7 Å². The first-order valence-corrected chi connectivity index (χ1v) is 8.38. The average molecular weight is 354 g/mol. The molecule has 0 aliphatic heterocycles. The van der Waals surface area contributed by atoms with Crippen LogP contribution in [0.3, 0.4) is 0 Å². The van der Waals surface area contributed by atoms with Crippen LogP contribution in [0.1, 0.15) is 20.9 Å². The Morgan fingerprint density at radius 2 is 2.04 bits per heavy atom. The number of hydrogen-bond acceptors (Lipinski definition) is 4. The molecule has 118 valence electrons. The van der Waals surface area contributed by atoms with Crippen molar-refractivity contribution in [3.8, 4) is 11.8 Å². The van der Waals surface area contributed by atoms with Gasteiger partial charge in [0.25, 0.3) is 0 Å². The lowest BCUT2D eigenvalue weighted by molar-refractivity contribution is 0.104. The third kappa shape index (κ3) is 3.02. The summed E-state index contributed by atoms with van der Waals surface area (Å²) in [4.78, 5) is 12.9. The van der Waals surface area contributed by atoms with E-state index < -0.39 is 0 Å². The van der Waals surface area contributed by atoms with Gasteiger partial charge in [-0.15, -0.1) is 11.3 Å². The second-order valence-corrected chi connectivity index (χ2v) is 6.32. The maximum atomic E-state index is 12.4. The van der Waals surface area contributed by atoms with E-state index in [0.29, 0.717) is 21.3 Å². The van der Waals surface area contributed by atoms with Gasteiger partial charge >= 0.3 is 0 Å². The predicted octanol–water partition coefficient (Wildman–Crippen LogP) is 4.69. The summed E-state index contributed by atoms with van der Waals surface area (Å²) in [5.41, 5.74) is 2.07. The minimum atomic E-state index is -0.310. The van der Waals surface area contributed by atoms with Crippen LogP contribution < -0.4 is 0 Å².